The van der Waals surface area contributed by atoms with Crippen LogP contribution in [0.25, 0.3) is 0 Å². The van der Waals surface area contributed by atoms with Crippen LogP contribution in [0.5, 0.6) is 0 Å². The van der Waals surface area contributed by atoms with E-state index in [0.29, 0.717) is 21.5 Å². The molecule has 1 aromatic carbocycles. The third-order valence-corrected chi connectivity index (χ3v) is 3.45. The van der Waals surface area contributed by atoms with Crippen LogP contribution in [0.4, 0.5) is 0 Å². The zero-order valence-corrected chi connectivity index (χ0v) is 12.7. The van der Waals surface area contributed by atoms with Crippen molar-refractivity contribution >= 4 is 39.3 Å². The van der Waals surface area contributed by atoms with Gasteiger partial charge in [0.15, 0.2) is 5.84 Å². The third kappa shape index (κ3) is 4.40. The fourth-order valence-corrected chi connectivity index (χ4v) is 2.16. The van der Waals surface area contributed by atoms with E-state index in [1.54, 1.807) is 18.2 Å². The number of nitrogens with two attached hydrogens (primary N) is 1. The van der Waals surface area contributed by atoms with Gasteiger partial charge >= 0.3 is 0 Å². The van der Waals surface area contributed by atoms with Gasteiger partial charge in [-0.3, -0.25) is 4.79 Å². The normalized spacial score (nSPS) is 13.1. The first-order valence-electron chi connectivity index (χ1n) is 5.73. The van der Waals surface area contributed by atoms with Crippen molar-refractivity contribution < 1.29 is 10.0 Å². The number of benzene rings is 1. The number of oxime groups is 1. The van der Waals surface area contributed by atoms with Crippen LogP contribution < -0.4 is 11.1 Å². The van der Waals surface area contributed by atoms with Crippen LogP contribution >= 0.6 is 27.5 Å². The molecular weight excluding hydrogens is 334 g/mol. The molecule has 4 N–H and O–H groups in total. The molecule has 1 rings (SSSR count). The SMILES string of the molecule is CCCC(NC(=O)c1cc(Cl)ccc1Br)/C(N)=N/O. The molecule has 5 nitrogen and oxygen atoms in total. The summed E-state index contributed by atoms with van der Waals surface area (Å²) >= 11 is 9.14. The smallest absolute Gasteiger partial charge is 0.253 e. The van der Waals surface area contributed by atoms with E-state index in [4.69, 9.17) is 22.5 Å². The predicted molar refractivity (Wildman–Crippen MR) is 78.7 cm³/mol. The van der Waals surface area contributed by atoms with Gasteiger partial charge in [0, 0.05) is 9.50 Å². The zero-order chi connectivity index (χ0) is 14.4. The van der Waals surface area contributed by atoms with Crippen LogP contribution in [0.1, 0.15) is 30.1 Å². The molecule has 0 aliphatic carbocycles. The molecule has 1 aromatic rings. The van der Waals surface area contributed by atoms with E-state index < -0.39 is 6.04 Å². The van der Waals surface area contributed by atoms with Crippen molar-refractivity contribution in [2.75, 3.05) is 0 Å². The lowest BCUT2D eigenvalue weighted by molar-refractivity contribution is 0.0944. The zero-order valence-electron chi connectivity index (χ0n) is 10.4. The maximum atomic E-state index is 12.1. The molecule has 0 spiro atoms. The Morgan fingerprint density at radius 1 is 1.63 bits per heavy atom. The second-order valence-electron chi connectivity index (χ2n) is 3.96. The van der Waals surface area contributed by atoms with Crippen LogP contribution in [-0.4, -0.2) is 23.0 Å². The van der Waals surface area contributed by atoms with E-state index in [2.05, 4.69) is 26.4 Å². The summed E-state index contributed by atoms with van der Waals surface area (Å²) in [6.07, 6.45) is 1.37. The number of hydrogen-bond acceptors (Lipinski definition) is 3. The number of carbonyl (C=O) groups excluding carboxylic acids is 1. The van der Waals surface area contributed by atoms with Crippen LogP contribution in [0, 0.1) is 0 Å². The monoisotopic (exact) mass is 347 g/mol. The van der Waals surface area contributed by atoms with Crippen LogP contribution in [-0.2, 0) is 0 Å². The Balaban J connectivity index is 2.90. The van der Waals surface area contributed by atoms with Crippen molar-refractivity contribution in [1.82, 2.24) is 5.32 Å². The van der Waals surface area contributed by atoms with Gasteiger partial charge in [-0.05, 0) is 40.5 Å². The highest BCUT2D eigenvalue weighted by Gasteiger charge is 2.18. The summed E-state index contributed by atoms with van der Waals surface area (Å²) in [6.45, 7) is 1.94. The van der Waals surface area contributed by atoms with Crippen LogP contribution in [0.2, 0.25) is 5.02 Å². The topological polar surface area (TPSA) is 87.7 Å². The van der Waals surface area contributed by atoms with Gasteiger partial charge < -0.3 is 16.3 Å². The Morgan fingerprint density at radius 2 is 2.32 bits per heavy atom. The number of amidine groups is 1. The minimum absolute atomic E-state index is 0.0200. The molecule has 0 saturated carbocycles. The van der Waals surface area contributed by atoms with Gasteiger partial charge in [-0.1, -0.05) is 30.1 Å². The van der Waals surface area contributed by atoms with Crippen molar-refractivity contribution in [3.05, 3.63) is 33.3 Å². The molecule has 0 aromatic heterocycles. The molecular formula is C12H15BrClN3O2. The summed E-state index contributed by atoms with van der Waals surface area (Å²) in [7, 11) is 0. The quantitative estimate of drug-likeness (QED) is 0.331. The average molecular weight is 349 g/mol. The lowest BCUT2D eigenvalue weighted by Crippen LogP contribution is -2.44. The number of rotatable bonds is 5. The van der Waals surface area contributed by atoms with Gasteiger partial charge in [0.2, 0.25) is 0 Å². The first kappa shape index (κ1) is 15.8. The summed E-state index contributed by atoms with van der Waals surface area (Å²) in [4.78, 5) is 12.1. The lowest BCUT2D eigenvalue weighted by Gasteiger charge is -2.17. The number of halogens is 2. The highest BCUT2D eigenvalue weighted by atomic mass is 79.9. The molecule has 1 atom stereocenters. The van der Waals surface area contributed by atoms with Crippen molar-refractivity contribution in [2.45, 2.75) is 25.8 Å². The van der Waals surface area contributed by atoms with Gasteiger partial charge in [0.05, 0.1) is 11.6 Å². The predicted octanol–water partition coefficient (Wildman–Crippen LogP) is 2.75. The third-order valence-electron chi connectivity index (χ3n) is 2.53. The summed E-state index contributed by atoms with van der Waals surface area (Å²) in [5.74, 6) is -0.354. The van der Waals surface area contributed by atoms with E-state index >= 15 is 0 Å². The van der Waals surface area contributed by atoms with Crippen molar-refractivity contribution in [3.63, 3.8) is 0 Å². The Hall–Kier alpha value is -1.27. The summed E-state index contributed by atoms with van der Waals surface area (Å²) in [5.41, 5.74) is 5.95. The average Bonchev–Trinajstić information content (AvgIpc) is 2.40. The molecule has 0 saturated heterocycles. The molecule has 0 radical (unpaired) electrons. The molecule has 0 fully saturated rings. The Labute approximate surface area is 124 Å². The molecule has 19 heavy (non-hydrogen) atoms. The highest BCUT2D eigenvalue weighted by molar-refractivity contribution is 9.10. The summed E-state index contributed by atoms with van der Waals surface area (Å²) in [5, 5.41) is 14.8. The first-order chi connectivity index (χ1) is 8.99. The van der Waals surface area contributed by atoms with Crippen LogP contribution in [0.15, 0.2) is 27.8 Å². The van der Waals surface area contributed by atoms with E-state index in [-0.39, 0.29) is 11.7 Å². The van der Waals surface area contributed by atoms with E-state index in [1.165, 1.54) is 0 Å². The Bertz CT molecular complexity index is 494. The molecule has 1 amide bonds. The fourth-order valence-electron chi connectivity index (χ4n) is 1.56. The van der Waals surface area contributed by atoms with Crippen molar-refractivity contribution in [1.29, 1.82) is 0 Å². The maximum Gasteiger partial charge on any atom is 0.253 e. The van der Waals surface area contributed by atoms with Gasteiger partial charge in [-0.2, -0.15) is 0 Å². The van der Waals surface area contributed by atoms with E-state index in [1.807, 2.05) is 6.92 Å². The van der Waals surface area contributed by atoms with Crippen molar-refractivity contribution in [2.24, 2.45) is 10.9 Å². The van der Waals surface area contributed by atoms with Gasteiger partial charge in [0.1, 0.15) is 0 Å². The second kappa shape index (κ2) is 7.35. The highest BCUT2D eigenvalue weighted by Crippen LogP contribution is 2.21. The molecule has 0 heterocycles. The number of nitrogens with one attached hydrogen (secondary N) is 1. The minimum Gasteiger partial charge on any atom is -0.409 e. The largest absolute Gasteiger partial charge is 0.409 e. The second-order valence-corrected chi connectivity index (χ2v) is 5.25. The number of nitrogens with zero attached hydrogens (tertiary/aromatic N) is 1. The molecule has 7 heteroatoms. The maximum absolute atomic E-state index is 12.1. The van der Waals surface area contributed by atoms with Gasteiger partial charge in [-0.15, -0.1) is 0 Å². The fraction of sp³-hybridized carbons (Fsp3) is 0.333. The Morgan fingerprint density at radius 3 is 2.89 bits per heavy atom. The number of carbonyl (C=O) groups is 1. The number of hydrogen-bond donors (Lipinski definition) is 3. The molecule has 0 bridgehead atoms. The van der Waals surface area contributed by atoms with Crippen molar-refractivity contribution in [3.8, 4) is 0 Å². The lowest BCUT2D eigenvalue weighted by atomic mass is 10.1. The first-order valence-corrected chi connectivity index (χ1v) is 6.90. The Kier molecular flexibility index (Phi) is 6.11. The molecule has 104 valence electrons. The number of amides is 1. The van der Waals surface area contributed by atoms with Gasteiger partial charge in [0.25, 0.3) is 5.91 Å². The molecule has 0 aliphatic heterocycles. The van der Waals surface area contributed by atoms with E-state index in [0.717, 1.165) is 6.42 Å². The van der Waals surface area contributed by atoms with Crippen LogP contribution in [0.3, 0.4) is 0 Å². The van der Waals surface area contributed by atoms with E-state index in [9.17, 15) is 4.79 Å². The summed E-state index contributed by atoms with van der Waals surface area (Å²) < 4.78 is 0.629. The standard InChI is InChI=1S/C12H15BrClN3O2/c1-2-3-10(11(15)17-19)16-12(18)8-6-7(14)4-5-9(8)13/h4-6,10,19H,2-3H2,1H3,(H2,15,17)(H,16,18). The molecule has 1 unspecified atom stereocenters. The summed E-state index contributed by atoms with van der Waals surface area (Å²) in [6, 6.07) is 4.41. The van der Waals surface area contributed by atoms with Gasteiger partial charge in [-0.25, -0.2) is 0 Å². The minimum atomic E-state index is -0.506. The molecule has 0 aliphatic rings.